The Balaban J connectivity index is 2.20. The SMILES string of the molecule is NC(=O)NC(Cc1ccccc1)C(O)C(Cc1ccccc1)NC(N)=O. The minimum absolute atomic E-state index is 0.358. The normalized spacial score (nSPS) is 14.0. The number of nitrogens with one attached hydrogen (secondary N) is 2. The number of hydrogen-bond donors (Lipinski definition) is 5. The summed E-state index contributed by atoms with van der Waals surface area (Å²) in [6.45, 7) is 0. The molecule has 7 nitrogen and oxygen atoms in total. The monoisotopic (exact) mass is 356 g/mol. The molecule has 2 rings (SSSR count). The third kappa shape index (κ3) is 6.10. The fourth-order valence-corrected chi connectivity index (χ4v) is 2.90. The summed E-state index contributed by atoms with van der Waals surface area (Å²) in [5, 5.41) is 16.0. The van der Waals surface area contributed by atoms with Crippen molar-refractivity contribution in [2.24, 2.45) is 11.5 Å². The van der Waals surface area contributed by atoms with E-state index in [0.717, 1.165) is 11.1 Å². The van der Waals surface area contributed by atoms with Gasteiger partial charge in [-0.3, -0.25) is 0 Å². The third-order valence-corrected chi connectivity index (χ3v) is 4.08. The van der Waals surface area contributed by atoms with Gasteiger partial charge in [0.15, 0.2) is 0 Å². The van der Waals surface area contributed by atoms with Crippen molar-refractivity contribution in [3.05, 3.63) is 71.8 Å². The van der Waals surface area contributed by atoms with Gasteiger partial charge in [0.2, 0.25) is 0 Å². The highest BCUT2D eigenvalue weighted by molar-refractivity contribution is 5.73. The average Bonchev–Trinajstić information content (AvgIpc) is 2.61. The molecule has 0 saturated heterocycles. The van der Waals surface area contributed by atoms with Crippen LogP contribution in [-0.2, 0) is 12.8 Å². The van der Waals surface area contributed by atoms with Crippen molar-refractivity contribution >= 4 is 12.1 Å². The van der Waals surface area contributed by atoms with Crippen molar-refractivity contribution in [2.45, 2.75) is 31.0 Å². The Kier molecular flexibility index (Phi) is 6.99. The van der Waals surface area contributed by atoms with Crippen molar-refractivity contribution in [2.75, 3.05) is 0 Å². The molecule has 7 N–H and O–H groups in total. The number of hydrogen-bond acceptors (Lipinski definition) is 3. The molecule has 0 bridgehead atoms. The average molecular weight is 356 g/mol. The van der Waals surface area contributed by atoms with Gasteiger partial charge in [-0.2, -0.15) is 0 Å². The third-order valence-electron chi connectivity index (χ3n) is 4.08. The molecular weight excluding hydrogens is 332 g/mol. The van der Waals surface area contributed by atoms with E-state index in [0.29, 0.717) is 12.8 Å². The lowest BCUT2D eigenvalue weighted by molar-refractivity contribution is 0.0928. The Bertz CT molecular complexity index is 648. The summed E-state index contributed by atoms with van der Waals surface area (Å²) < 4.78 is 0. The Hall–Kier alpha value is -3.06. The number of urea groups is 2. The first-order valence-corrected chi connectivity index (χ1v) is 8.33. The zero-order chi connectivity index (χ0) is 18.9. The molecule has 2 aromatic rings. The highest BCUT2D eigenvalue weighted by atomic mass is 16.3. The zero-order valence-corrected chi connectivity index (χ0v) is 14.3. The van der Waals surface area contributed by atoms with Gasteiger partial charge in [-0.25, -0.2) is 9.59 Å². The van der Waals surface area contributed by atoms with Crippen LogP contribution in [0, 0.1) is 0 Å². The van der Waals surface area contributed by atoms with Crippen LogP contribution < -0.4 is 22.1 Å². The number of carbonyl (C=O) groups excluding carboxylic acids is 2. The van der Waals surface area contributed by atoms with Crippen LogP contribution >= 0.6 is 0 Å². The van der Waals surface area contributed by atoms with Crippen LogP contribution in [0.15, 0.2) is 60.7 Å². The predicted octanol–water partition coefficient (Wildman–Crippen LogP) is 0.906. The summed E-state index contributed by atoms with van der Waals surface area (Å²) >= 11 is 0. The first-order valence-electron chi connectivity index (χ1n) is 8.33. The second kappa shape index (κ2) is 9.43. The fourth-order valence-electron chi connectivity index (χ4n) is 2.90. The summed E-state index contributed by atoms with van der Waals surface area (Å²) in [5.41, 5.74) is 12.4. The molecule has 2 unspecified atom stereocenters. The van der Waals surface area contributed by atoms with Crippen molar-refractivity contribution in [1.82, 2.24) is 10.6 Å². The van der Waals surface area contributed by atoms with Crippen LogP contribution in [0.5, 0.6) is 0 Å². The first kappa shape index (κ1) is 19.3. The van der Waals surface area contributed by atoms with Gasteiger partial charge >= 0.3 is 12.1 Å². The van der Waals surface area contributed by atoms with Gasteiger partial charge in [0.25, 0.3) is 0 Å². The van der Waals surface area contributed by atoms with Gasteiger partial charge in [-0.1, -0.05) is 60.7 Å². The summed E-state index contributed by atoms with van der Waals surface area (Å²) in [5.74, 6) is 0. The van der Waals surface area contributed by atoms with E-state index in [1.807, 2.05) is 60.7 Å². The number of amides is 4. The van der Waals surface area contributed by atoms with Gasteiger partial charge in [-0.15, -0.1) is 0 Å². The summed E-state index contributed by atoms with van der Waals surface area (Å²) in [4.78, 5) is 22.8. The Morgan fingerprint density at radius 2 is 1.12 bits per heavy atom. The van der Waals surface area contributed by atoms with Gasteiger partial charge in [0.05, 0.1) is 18.2 Å². The van der Waals surface area contributed by atoms with Crippen LogP contribution in [0.25, 0.3) is 0 Å². The van der Waals surface area contributed by atoms with Gasteiger partial charge in [0, 0.05) is 0 Å². The lowest BCUT2D eigenvalue weighted by Gasteiger charge is -2.30. The van der Waals surface area contributed by atoms with Crippen molar-refractivity contribution in [1.29, 1.82) is 0 Å². The molecule has 7 heteroatoms. The summed E-state index contributed by atoms with van der Waals surface area (Å²) in [6.07, 6.45) is -0.372. The summed E-state index contributed by atoms with van der Waals surface area (Å²) in [7, 11) is 0. The minimum atomic E-state index is -1.09. The first-order chi connectivity index (χ1) is 12.5. The molecule has 0 radical (unpaired) electrons. The molecule has 0 aliphatic carbocycles. The lowest BCUT2D eigenvalue weighted by atomic mass is 9.92. The van der Waals surface area contributed by atoms with E-state index in [9.17, 15) is 14.7 Å². The smallest absolute Gasteiger partial charge is 0.312 e. The topological polar surface area (TPSA) is 130 Å². The summed E-state index contributed by atoms with van der Waals surface area (Å²) in [6, 6.07) is 15.9. The molecule has 0 fully saturated rings. The Labute approximate surface area is 152 Å². The van der Waals surface area contributed by atoms with Crippen LogP contribution in [-0.4, -0.2) is 35.4 Å². The molecule has 0 heterocycles. The quantitative estimate of drug-likeness (QED) is 0.482. The molecule has 0 aliphatic rings. The maximum Gasteiger partial charge on any atom is 0.312 e. The Morgan fingerprint density at radius 3 is 1.42 bits per heavy atom. The highest BCUT2D eigenvalue weighted by Crippen LogP contribution is 2.13. The number of rotatable bonds is 8. The molecule has 0 saturated carbocycles. The van der Waals surface area contributed by atoms with Crippen molar-refractivity contribution in [3.8, 4) is 0 Å². The van der Waals surface area contributed by atoms with Crippen LogP contribution in [0.4, 0.5) is 9.59 Å². The molecule has 4 amide bonds. The molecule has 0 spiro atoms. The molecule has 0 aromatic heterocycles. The standard InChI is InChI=1S/C19H24N4O3/c20-18(25)22-15(11-13-7-3-1-4-8-13)17(24)16(23-19(21)26)12-14-9-5-2-6-10-14/h1-10,15-17,24H,11-12H2,(H3,20,22,25)(H3,21,23,26). The van der Waals surface area contributed by atoms with E-state index in [1.165, 1.54) is 0 Å². The molecular formula is C19H24N4O3. The van der Waals surface area contributed by atoms with E-state index in [4.69, 9.17) is 11.5 Å². The largest absolute Gasteiger partial charge is 0.389 e. The second-order valence-corrected chi connectivity index (χ2v) is 6.10. The molecule has 2 aromatic carbocycles. The van der Waals surface area contributed by atoms with Crippen molar-refractivity contribution < 1.29 is 14.7 Å². The van der Waals surface area contributed by atoms with Crippen molar-refractivity contribution in [3.63, 3.8) is 0 Å². The predicted molar refractivity (Wildman–Crippen MR) is 99.3 cm³/mol. The van der Waals surface area contributed by atoms with E-state index in [-0.39, 0.29) is 0 Å². The second-order valence-electron chi connectivity index (χ2n) is 6.10. The zero-order valence-electron chi connectivity index (χ0n) is 14.3. The minimum Gasteiger partial charge on any atom is -0.389 e. The number of benzene rings is 2. The lowest BCUT2D eigenvalue weighted by Crippen LogP contribution is -2.57. The maximum atomic E-state index is 11.4. The Morgan fingerprint density at radius 1 is 0.769 bits per heavy atom. The molecule has 138 valence electrons. The number of aliphatic hydroxyl groups excluding tert-OH is 1. The molecule has 2 atom stereocenters. The molecule has 0 aliphatic heterocycles. The van der Waals surface area contributed by atoms with Crippen LogP contribution in [0.1, 0.15) is 11.1 Å². The van der Waals surface area contributed by atoms with E-state index >= 15 is 0 Å². The van der Waals surface area contributed by atoms with E-state index < -0.39 is 30.2 Å². The van der Waals surface area contributed by atoms with Gasteiger partial charge in [-0.05, 0) is 24.0 Å². The number of aliphatic hydroxyl groups is 1. The number of carbonyl (C=O) groups is 2. The maximum absolute atomic E-state index is 11.4. The number of primary amides is 2. The van der Waals surface area contributed by atoms with E-state index in [2.05, 4.69) is 10.6 Å². The van der Waals surface area contributed by atoms with Gasteiger partial charge in [0.1, 0.15) is 0 Å². The number of nitrogens with two attached hydrogens (primary N) is 2. The van der Waals surface area contributed by atoms with Gasteiger partial charge < -0.3 is 27.2 Å². The fraction of sp³-hybridized carbons (Fsp3) is 0.263. The van der Waals surface area contributed by atoms with Crippen LogP contribution in [0.3, 0.4) is 0 Å². The van der Waals surface area contributed by atoms with E-state index in [1.54, 1.807) is 0 Å². The van der Waals surface area contributed by atoms with Crippen LogP contribution in [0.2, 0.25) is 0 Å². The molecule has 26 heavy (non-hydrogen) atoms. The highest BCUT2D eigenvalue weighted by Gasteiger charge is 2.30.